The van der Waals surface area contributed by atoms with Crippen LogP contribution in [0.4, 0.5) is 5.82 Å². The number of aromatic nitrogens is 4. The van der Waals surface area contributed by atoms with E-state index in [0.29, 0.717) is 6.04 Å². The lowest BCUT2D eigenvalue weighted by Crippen LogP contribution is -2.22. The molecule has 1 atom stereocenters. The Morgan fingerprint density at radius 2 is 2.30 bits per heavy atom. The minimum atomic E-state index is 0.407. The molecule has 1 unspecified atom stereocenters. The summed E-state index contributed by atoms with van der Waals surface area (Å²) in [6, 6.07) is 2.51. The lowest BCUT2D eigenvalue weighted by molar-refractivity contribution is 0.494. The average Bonchev–Trinajstić information content (AvgIpc) is 3.17. The van der Waals surface area contributed by atoms with Gasteiger partial charge in [-0.1, -0.05) is 0 Å². The number of anilines is 1. The largest absolute Gasteiger partial charge is 0.354 e. The second-order valence-corrected chi connectivity index (χ2v) is 6.67. The van der Waals surface area contributed by atoms with Crippen LogP contribution in [-0.2, 0) is 0 Å². The van der Waals surface area contributed by atoms with Crippen molar-refractivity contribution in [1.82, 2.24) is 19.7 Å². The van der Waals surface area contributed by atoms with Crippen molar-refractivity contribution >= 4 is 43.3 Å². The van der Waals surface area contributed by atoms with Gasteiger partial charge in [0.25, 0.3) is 0 Å². The smallest absolute Gasteiger partial charge is 0.140 e. The van der Waals surface area contributed by atoms with E-state index >= 15 is 0 Å². The summed E-state index contributed by atoms with van der Waals surface area (Å²) < 4.78 is 3.06. The first kappa shape index (κ1) is 12.3. The van der Waals surface area contributed by atoms with Gasteiger partial charge in [0.1, 0.15) is 17.0 Å². The summed E-state index contributed by atoms with van der Waals surface area (Å²) in [5.74, 6) is 1.05. The van der Waals surface area contributed by atoms with Crippen molar-refractivity contribution in [1.29, 1.82) is 0 Å². The summed E-state index contributed by atoms with van der Waals surface area (Å²) in [5, 5.41) is 7.61. The van der Waals surface area contributed by atoms with Crippen molar-refractivity contribution < 1.29 is 0 Å². The number of nitrogens with zero attached hydrogens (tertiary/aromatic N) is 5. The maximum Gasteiger partial charge on any atom is 0.140 e. The van der Waals surface area contributed by atoms with Crippen molar-refractivity contribution in [2.45, 2.75) is 12.5 Å². The molecule has 0 saturated carbocycles. The zero-order valence-electron chi connectivity index (χ0n) is 10.6. The standard InChI is InChI=1S/C13H12BrN5S/c14-9-5-17-19(6-9)10-1-3-18(7-10)12-11-2-4-20-13(11)16-8-15-12/h2,4-6,8,10H,1,3,7H2. The molecule has 3 aromatic rings. The molecule has 102 valence electrons. The third-order valence-corrected chi connectivity index (χ3v) is 4.88. The van der Waals surface area contributed by atoms with Crippen LogP contribution in [0.5, 0.6) is 0 Å². The average molecular weight is 350 g/mol. The molecule has 1 aliphatic rings. The van der Waals surface area contributed by atoms with Crippen LogP contribution in [-0.4, -0.2) is 32.8 Å². The third-order valence-electron chi connectivity index (χ3n) is 3.65. The van der Waals surface area contributed by atoms with Crippen LogP contribution in [0.15, 0.2) is 34.6 Å². The monoisotopic (exact) mass is 349 g/mol. The Labute approximate surface area is 128 Å². The molecule has 20 heavy (non-hydrogen) atoms. The van der Waals surface area contributed by atoms with E-state index in [-0.39, 0.29) is 0 Å². The highest BCUT2D eigenvalue weighted by molar-refractivity contribution is 9.10. The van der Waals surface area contributed by atoms with E-state index in [1.807, 2.05) is 17.1 Å². The van der Waals surface area contributed by atoms with E-state index in [2.05, 4.69) is 47.3 Å². The molecule has 0 aliphatic carbocycles. The highest BCUT2D eigenvalue weighted by Gasteiger charge is 2.26. The number of halogens is 1. The van der Waals surface area contributed by atoms with Gasteiger partial charge in [0.05, 0.1) is 22.1 Å². The zero-order chi connectivity index (χ0) is 13.5. The second kappa shape index (κ2) is 4.82. The quantitative estimate of drug-likeness (QED) is 0.713. The minimum Gasteiger partial charge on any atom is -0.354 e. The van der Waals surface area contributed by atoms with Crippen LogP contribution >= 0.6 is 27.3 Å². The summed E-state index contributed by atoms with van der Waals surface area (Å²) in [5.41, 5.74) is 0. The summed E-state index contributed by atoms with van der Waals surface area (Å²) in [4.78, 5) is 12.2. The first-order chi connectivity index (χ1) is 9.81. The van der Waals surface area contributed by atoms with Crippen LogP contribution in [0, 0.1) is 0 Å². The van der Waals surface area contributed by atoms with Crippen LogP contribution in [0.3, 0.4) is 0 Å². The fraction of sp³-hybridized carbons (Fsp3) is 0.308. The van der Waals surface area contributed by atoms with Gasteiger partial charge in [-0.15, -0.1) is 11.3 Å². The van der Waals surface area contributed by atoms with Gasteiger partial charge in [-0.3, -0.25) is 4.68 Å². The maximum atomic E-state index is 4.48. The molecule has 4 heterocycles. The molecule has 0 N–H and O–H groups in total. The Hall–Kier alpha value is -1.47. The Balaban J connectivity index is 1.63. The molecule has 7 heteroatoms. The van der Waals surface area contributed by atoms with Gasteiger partial charge in [0.15, 0.2) is 0 Å². The molecule has 5 nitrogen and oxygen atoms in total. The van der Waals surface area contributed by atoms with Crippen LogP contribution in [0.25, 0.3) is 10.2 Å². The second-order valence-electron chi connectivity index (χ2n) is 4.86. The van der Waals surface area contributed by atoms with Gasteiger partial charge in [-0.25, -0.2) is 9.97 Å². The Morgan fingerprint density at radius 1 is 1.35 bits per heavy atom. The van der Waals surface area contributed by atoms with Crippen molar-refractivity contribution in [2.24, 2.45) is 0 Å². The number of rotatable bonds is 2. The van der Waals surface area contributed by atoms with E-state index in [1.165, 1.54) is 0 Å². The predicted octanol–water partition coefficient (Wildman–Crippen LogP) is 3.10. The normalized spacial score (nSPS) is 19.1. The number of thiophene rings is 1. The molecule has 0 spiro atoms. The summed E-state index contributed by atoms with van der Waals surface area (Å²) >= 11 is 5.11. The molecule has 0 amide bonds. The molecular weight excluding hydrogens is 338 g/mol. The molecule has 0 aromatic carbocycles. The molecule has 0 bridgehead atoms. The Bertz CT molecular complexity index is 752. The first-order valence-electron chi connectivity index (χ1n) is 6.44. The number of hydrogen-bond acceptors (Lipinski definition) is 5. The van der Waals surface area contributed by atoms with E-state index in [4.69, 9.17) is 0 Å². The number of hydrogen-bond donors (Lipinski definition) is 0. The lowest BCUT2D eigenvalue weighted by atomic mass is 10.3. The van der Waals surface area contributed by atoms with E-state index in [0.717, 1.165) is 40.0 Å². The van der Waals surface area contributed by atoms with Gasteiger partial charge in [-0.05, 0) is 33.8 Å². The minimum absolute atomic E-state index is 0.407. The summed E-state index contributed by atoms with van der Waals surface area (Å²) in [6.07, 6.45) is 6.62. The SMILES string of the molecule is Brc1cnn(C2CCN(c3ncnc4sccc34)C2)c1. The fourth-order valence-corrected chi connectivity index (χ4v) is 3.72. The van der Waals surface area contributed by atoms with Gasteiger partial charge in [0.2, 0.25) is 0 Å². The number of fused-ring (bicyclic) bond motifs is 1. The molecule has 1 fully saturated rings. The lowest BCUT2D eigenvalue weighted by Gasteiger charge is -2.18. The molecule has 1 saturated heterocycles. The van der Waals surface area contributed by atoms with Gasteiger partial charge >= 0.3 is 0 Å². The van der Waals surface area contributed by atoms with Gasteiger partial charge in [-0.2, -0.15) is 5.10 Å². The molecule has 3 aromatic heterocycles. The Morgan fingerprint density at radius 3 is 3.15 bits per heavy atom. The van der Waals surface area contributed by atoms with Gasteiger partial charge in [0, 0.05) is 19.3 Å². The molecular formula is C13H12BrN5S. The van der Waals surface area contributed by atoms with E-state index in [9.17, 15) is 0 Å². The first-order valence-corrected chi connectivity index (χ1v) is 8.11. The van der Waals surface area contributed by atoms with Gasteiger partial charge < -0.3 is 4.90 Å². The maximum absolute atomic E-state index is 4.48. The predicted molar refractivity (Wildman–Crippen MR) is 83.2 cm³/mol. The van der Waals surface area contributed by atoms with Crippen LogP contribution in [0.1, 0.15) is 12.5 Å². The molecule has 0 radical (unpaired) electrons. The highest BCUT2D eigenvalue weighted by Crippen LogP contribution is 2.31. The highest BCUT2D eigenvalue weighted by atomic mass is 79.9. The third kappa shape index (κ3) is 2.01. The van der Waals surface area contributed by atoms with Crippen molar-refractivity contribution in [3.05, 3.63) is 34.6 Å². The Kier molecular flexibility index (Phi) is 2.96. The van der Waals surface area contributed by atoms with Crippen LogP contribution in [0.2, 0.25) is 0 Å². The van der Waals surface area contributed by atoms with Crippen molar-refractivity contribution in [2.75, 3.05) is 18.0 Å². The topological polar surface area (TPSA) is 46.8 Å². The van der Waals surface area contributed by atoms with Crippen LogP contribution < -0.4 is 4.90 Å². The summed E-state index contributed by atoms with van der Waals surface area (Å²) in [7, 11) is 0. The van der Waals surface area contributed by atoms with Crippen molar-refractivity contribution in [3.63, 3.8) is 0 Å². The van der Waals surface area contributed by atoms with E-state index in [1.54, 1.807) is 17.7 Å². The van der Waals surface area contributed by atoms with E-state index < -0.39 is 0 Å². The fourth-order valence-electron chi connectivity index (χ4n) is 2.69. The molecule has 4 rings (SSSR count). The zero-order valence-corrected chi connectivity index (χ0v) is 13.0. The molecule has 1 aliphatic heterocycles. The van der Waals surface area contributed by atoms with Crippen molar-refractivity contribution in [3.8, 4) is 0 Å². The summed E-state index contributed by atoms with van der Waals surface area (Å²) in [6.45, 7) is 1.94.